The molecule has 1 aliphatic rings. The summed E-state index contributed by atoms with van der Waals surface area (Å²) in [5, 5.41) is 12.6. The minimum atomic E-state index is -0.534. The Labute approximate surface area is 227 Å². The zero-order valence-corrected chi connectivity index (χ0v) is 21.9. The summed E-state index contributed by atoms with van der Waals surface area (Å²) in [6, 6.07) is 25.5. The largest absolute Gasteiger partial charge is 0.353 e. The highest BCUT2D eigenvalue weighted by Crippen LogP contribution is 2.22. The van der Waals surface area contributed by atoms with Gasteiger partial charge in [0.1, 0.15) is 23.1 Å². The van der Waals surface area contributed by atoms with Crippen molar-refractivity contribution in [1.82, 2.24) is 19.6 Å². The summed E-state index contributed by atoms with van der Waals surface area (Å²) >= 11 is 0. The number of amides is 1. The fourth-order valence-electron chi connectivity index (χ4n) is 4.79. The number of fused-ring (bicyclic) bond motifs is 1. The first-order valence-corrected chi connectivity index (χ1v) is 13.0. The molecule has 196 valence electrons. The highest BCUT2D eigenvalue weighted by atomic mass is 16.1. The molecular formula is C31H30N6O2. The van der Waals surface area contributed by atoms with Crippen LogP contribution in [0.15, 0.2) is 89.4 Å². The molecule has 0 saturated carbocycles. The molecule has 1 saturated heterocycles. The Morgan fingerprint density at radius 1 is 0.974 bits per heavy atom. The van der Waals surface area contributed by atoms with Crippen LogP contribution in [0.4, 0.5) is 5.82 Å². The smallest absolute Gasteiger partial charge is 0.267 e. The normalized spacial score (nSPS) is 14.3. The van der Waals surface area contributed by atoms with Gasteiger partial charge < -0.3 is 10.2 Å². The number of benzene rings is 2. The molecule has 8 heteroatoms. The Hall–Kier alpha value is -4.74. The average Bonchev–Trinajstić information content (AvgIpc) is 2.97. The molecule has 1 amide bonds. The number of aryl methyl sites for hydroxylation is 1. The summed E-state index contributed by atoms with van der Waals surface area (Å²) in [5.74, 6) is -0.0361. The van der Waals surface area contributed by atoms with Crippen LogP contribution in [0.2, 0.25) is 0 Å². The standard InChI is InChI=1S/C31H30N6O2/c1-23-9-8-14-37-28(23)34-29(36-17-15-35(16-18-36)22-25-12-6-3-7-13-25)27(31(37)39)19-26(20-32)30(38)33-21-24-10-4-2-5-11-24/h2-14,19H,15-18,21-22H2,1H3,(H,33,38)/b26-19+. The number of nitrogens with zero attached hydrogens (tertiary/aromatic N) is 5. The fraction of sp³-hybridized carbons (Fsp3) is 0.226. The van der Waals surface area contributed by atoms with Gasteiger partial charge in [-0.1, -0.05) is 66.7 Å². The second-order valence-electron chi connectivity index (χ2n) is 9.63. The van der Waals surface area contributed by atoms with Crippen LogP contribution in [0.3, 0.4) is 0 Å². The topological polar surface area (TPSA) is 93.7 Å². The van der Waals surface area contributed by atoms with Crippen LogP contribution < -0.4 is 15.8 Å². The molecule has 5 rings (SSSR count). The van der Waals surface area contributed by atoms with E-state index in [0.29, 0.717) is 24.6 Å². The number of hydrogen-bond acceptors (Lipinski definition) is 6. The lowest BCUT2D eigenvalue weighted by atomic mass is 10.1. The summed E-state index contributed by atoms with van der Waals surface area (Å²) in [6.45, 7) is 5.99. The molecule has 4 aromatic rings. The van der Waals surface area contributed by atoms with Gasteiger partial charge >= 0.3 is 0 Å². The molecule has 0 aliphatic carbocycles. The third-order valence-electron chi connectivity index (χ3n) is 6.93. The first kappa shape index (κ1) is 25.9. The molecule has 1 N–H and O–H groups in total. The number of aromatic nitrogens is 2. The summed E-state index contributed by atoms with van der Waals surface area (Å²) < 4.78 is 1.48. The van der Waals surface area contributed by atoms with E-state index in [0.717, 1.165) is 30.8 Å². The monoisotopic (exact) mass is 518 g/mol. The van der Waals surface area contributed by atoms with Gasteiger partial charge in [-0.05, 0) is 35.8 Å². The van der Waals surface area contributed by atoms with E-state index in [1.54, 1.807) is 12.3 Å². The Kier molecular flexibility index (Phi) is 7.80. The predicted octanol–water partition coefficient (Wildman–Crippen LogP) is 3.55. The van der Waals surface area contributed by atoms with Crippen molar-refractivity contribution in [3.05, 3.63) is 117 Å². The van der Waals surface area contributed by atoms with Gasteiger partial charge in [-0.15, -0.1) is 0 Å². The predicted molar refractivity (Wildman–Crippen MR) is 152 cm³/mol. The van der Waals surface area contributed by atoms with Crippen molar-refractivity contribution in [2.45, 2.75) is 20.0 Å². The van der Waals surface area contributed by atoms with Gasteiger partial charge in [0.2, 0.25) is 0 Å². The van der Waals surface area contributed by atoms with E-state index >= 15 is 0 Å². The van der Waals surface area contributed by atoms with Crippen LogP contribution >= 0.6 is 0 Å². The Balaban J connectivity index is 1.45. The van der Waals surface area contributed by atoms with Crippen LogP contribution in [-0.4, -0.2) is 46.4 Å². The lowest BCUT2D eigenvalue weighted by Gasteiger charge is -2.36. The zero-order valence-electron chi connectivity index (χ0n) is 21.9. The molecule has 2 aromatic carbocycles. The van der Waals surface area contributed by atoms with Gasteiger partial charge in [-0.2, -0.15) is 5.26 Å². The Bertz CT molecular complexity index is 1600. The quantitative estimate of drug-likeness (QED) is 0.297. The molecule has 2 aromatic heterocycles. The Morgan fingerprint density at radius 3 is 2.31 bits per heavy atom. The molecule has 0 bridgehead atoms. The first-order valence-electron chi connectivity index (χ1n) is 13.0. The summed E-state index contributed by atoms with van der Waals surface area (Å²) in [6.07, 6.45) is 3.05. The van der Waals surface area contributed by atoms with E-state index in [1.807, 2.05) is 67.6 Å². The molecule has 1 fully saturated rings. The molecule has 0 spiro atoms. The van der Waals surface area contributed by atoms with E-state index in [2.05, 4.69) is 27.2 Å². The number of anilines is 1. The highest BCUT2D eigenvalue weighted by molar-refractivity contribution is 6.02. The van der Waals surface area contributed by atoms with Gasteiger partial charge in [0.25, 0.3) is 11.5 Å². The van der Waals surface area contributed by atoms with Crippen LogP contribution in [0.25, 0.3) is 11.7 Å². The molecule has 39 heavy (non-hydrogen) atoms. The summed E-state index contributed by atoms with van der Waals surface area (Å²) in [7, 11) is 0. The number of nitriles is 1. The second kappa shape index (κ2) is 11.8. The molecule has 8 nitrogen and oxygen atoms in total. The van der Waals surface area contributed by atoms with E-state index in [9.17, 15) is 14.9 Å². The van der Waals surface area contributed by atoms with Gasteiger partial charge in [-0.25, -0.2) is 4.98 Å². The third-order valence-corrected chi connectivity index (χ3v) is 6.93. The lowest BCUT2D eigenvalue weighted by Crippen LogP contribution is -2.47. The molecule has 0 radical (unpaired) electrons. The molecular weight excluding hydrogens is 488 g/mol. The minimum absolute atomic E-state index is 0.138. The number of rotatable bonds is 7. The number of carbonyl (C=O) groups is 1. The van der Waals surface area contributed by atoms with Crippen LogP contribution in [-0.2, 0) is 17.9 Å². The minimum Gasteiger partial charge on any atom is -0.353 e. The Morgan fingerprint density at radius 2 is 1.64 bits per heavy atom. The van der Waals surface area contributed by atoms with Crippen molar-refractivity contribution in [1.29, 1.82) is 5.26 Å². The van der Waals surface area contributed by atoms with E-state index < -0.39 is 5.91 Å². The second-order valence-corrected chi connectivity index (χ2v) is 9.63. The maximum Gasteiger partial charge on any atom is 0.267 e. The van der Waals surface area contributed by atoms with Crippen molar-refractivity contribution < 1.29 is 4.79 Å². The summed E-state index contributed by atoms with van der Waals surface area (Å²) in [4.78, 5) is 36.0. The highest BCUT2D eigenvalue weighted by Gasteiger charge is 2.24. The SMILES string of the molecule is Cc1cccn2c(=O)c(/C=C(\C#N)C(=O)NCc3ccccc3)c(N3CCN(Cc4ccccc4)CC3)nc12. The lowest BCUT2D eigenvalue weighted by molar-refractivity contribution is -0.117. The fourth-order valence-corrected chi connectivity index (χ4v) is 4.79. The molecule has 0 unspecified atom stereocenters. The van der Waals surface area contributed by atoms with Crippen molar-refractivity contribution in [3.8, 4) is 6.07 Å². The van der Waals surface area contributed by atoms with Crippen LogP contribution in [0.5, 0.6) is 0 Å². The van der Waals surface area contributed by atoms with E-state index in [1.165, 1.54) is 16.0 Å². The van der Waals surface area contributed by atoms with Crippen LogP contribution in [0.1, 0.15) is 22.3 Å². The number of nitrogens with one attached hydrogen (secondary N) is 1. The van der Waals surface area contributed by atoms with Crippen molar-refractivity contribution in [2.24, 2.45) is 0 Å². The van der Waals surface area contributed by atoms with Crippen molar-refractivity contribution in [3.63, 3.8) is 0 Å². The van der Waals surface area contributed by atoms with Gasteiger partial charge in [-0.3, -0.25) is 18.9 Å². The molecule has 0 atom stereocenters. The molecule has 3 heterocycles. The van der Waals surface area contributed by atoms with Crippen molar-refractivity contribution >= 4 is 23.4 Å². The zero-order chi connectivity index (χ0) is 27.2. The average molecular weight is 519 g/mol. The van der Waals surface area contributed by atoms with E-state index in [-0.39, 0.29) is 23.2 Å². The number of pyridine rings is 1. The maximum absolute atomic E-state index is 13.7. The molecule has 1 aliphatic heterocycles. The van der Waals surface area contributed by atoms with Gasteiger partial charge in [0.05, 0.1) is 5.56 Å². The first-order chi connectivity index (χ1) is 19.0. The summed E-state index contributed by atoms with van der Waals surface area (Å²) in [5.41, 5.74) is 3.40. The van der Waals surface area contributed by atoms with Crippen LogP contribution in [0, 0.1) is 18.3 Å². The number of piperazine rings is 1. The number of hydrogen-bond donors (Lipinski definition) is 1. The van der Waals surface area contributed by atoms with Crippen molar-refractivity contribution in [2.75, 3.05) is 31.1 Å². The number of carbonyl (C=O) groups excluding carboxylic acids is 1. The van der Waals surface area contributed by atoms with Gasteiger partial charge in [0.15, 0.2) is 0 Å². The maximum atomic E-state index is 13.7. The van der Waals surface area contributed by atoms with Gasteiger partial charge in [0, 0.05) is 45.5 Å². The third kappa shape index (κ3) is 5.89. The van der Waals surface area contributed by atoms with E-state index in [4.69, 9.17) is 4.98 Å².